The summed E-state index contributed by atoms with van der Waals surface area (Å²) in [6.07, 6.45) is 7.43. The van der Waals surface area contributed by atoms with Gasteiger partial charge in [0.15, 0.2) is 0 Å². The molecule has 0 radical (unpaired) electrons. The van der Waals surface area contributed by atoms with Crippen LogP contribution in [-0.2, 0) is 11.3 Å². The number of aromatic hydroxyl groups is 1. The number of carbonyl (C=O) groups is 1. The Kier molecular flexibility index (Phi) is 5.53. The number of nitrogens with one attached hydrogen (secondary N) is 1. The van der Waals surface area contributed by atoms with Gasteiger partial charge in [-0.3, -0.25) is 4.79 Å². The number of phenolic OH excluding ortho intramolecular Hbond substituents is 1. The van der Waals surface area contributed by atoms with E-state index in [9.17, 15) is 15.2 Å². The van der Waals surface area contributed by atoms with Crippen molar-refractivity contribution in [2.24, 2.45) is 0 Å². The molecule has 2 rings (SSSR count). The number of nitrogens with zero attached hydrogens (tertiary/aromatic N) is 3. The van der Waals surface area contributed by atoms with Gasteiger partial charge in [0.05, 0.1) is 6.33 Å². The van der Waals surface area contributed by atoms with Gasteiger partial charge in [-0.05, 0) is 30.2 Å². The van der Waals surface area contributed by atoms with Gasteiger partial charge in [-0.15, -0.1) is 0 Å². The van der Waals surface area contributed by atoms with Gasteiger partial charge in [0, 0.05) is 25.0 Å². The molecule has 2 N–H and O–H groups in total. The molecule has 0 aliphatic heterocycles. The van der Waals surface area contributed by atoms with Crippen LogP contribution in [0.5, 0.6) is 5.75 Å². The van der Waals surface area contributed by atoms with E-state index < -0.39 is 5.91 Å². The van der Waals surface area contributed by atoms with Crippen LogP contribution in [0, 0.1) is 11.3 Å². The largest absolute Gasteiger partial charge is 0.508 e. The SMILES string of the molecule is CCC(Cn1ccnc1)NC(=O)/C(C#N)=C/c1ccc(O)cc1. The average Bonchev–Trinajstić information content (AvgIpc) is 3.06. The Hall–Kier alpha value is -3.07. The highest BCUT2D eigenvalue weighted by atomic mass is 16.3. The molecule has 118 valence electrons. The van der Waals surface area contributed by atoms with Crippen LogP contribution >= 0.6 is 0 Å². The second-order valence-electron chi connectivity index (χ2n) is 5.10. The molecule has 6 nitrogen and oxygen atoms in total. The molecule has 0 saturated heterocycles. The van der Waals surface area contributed by atoms with E-state index in [1.165, 1.54) is 18.2 Å². The Balaban J connectivity index is 2.06. The molecule has 1 aromatic heterocycles. The summed E-state index contributed by atoms with van der Waals surface area (Å²) < 4.78 is 1.88. The number of hydrogen-bond acceptors (Lipinski definition) is 4. The van der Waals surface area contributed by atoms with Gasteiger partial charge < -0.3 is 15.0 Å². The minimum atomic E-state index is -0.410. The zero-order chi connectivity index (χ0) is 16.7. The van der Waals surface area contributed by atoms with Gasteiger partial charge in [-0.25, -0.2) is 4.98 Å². The van der Waals surface area contributed by atoms with Gasteiger partial charge in [-0.2, -0.15) is 5.26 Å². The molecule has 0 fully saturated rings. The molecule has 0 bridgehead atoms. The first kappa shape index (κ1) is 16.3. The van der Waals surface area contributed by atoms with Gasteiger partial charge >= 0.3 is 0 Å². The maximum atomic E-state index is 12.3. The number of imidazole rings is 1. The molecular formula is C17H18N4O2. The molecule has 1 heterocycles. The second kappa shape index (κ2) is 7.80. The summed E-state index contributed by atoms with van der Waals surface area (Å²) in [6.45, 7) is 2.57. The van der Waals surface area contributed by atoms with E-state index in [4.69, 9.17) is 0 Å². The van der Waals surface area contributed by atoms with Crippen molar-refractivity contribution in [3.8, 4) is 11.8 Å². The fourth-order valence-electron chi connectivity index (χ4n) is 2.07. The van der Waals surface area contributed by atoms with Crippen molar-refractivity contribution in [1.29, 1.82) is 5.26 Å². The van der Waals surface area contributed by atoms with Crippen LogP contribution in [0.1, 0.15) is 18.9 Å². The summed E-state index contributed by atoms with van der Waals surface area (Å²) >= 11 is 0. The monoisotopic (exact) mass is 310 g/mol. The minimum absolute atomic E-state index is 0.0276. The normalized spacial score (nSPS) is 12.4. The summed E-state index contributed by atoms with van der Waals surface area (Å²) in [5.41, 5.74) is 0.705. The van der Waals surface area contributed by atoms with E-state index >= 15 is 0 Å². The number of rotatable bonds is 6. The number of nitriles is 1. The summed E-state index contributed by atoms with van der Waals surface area (Å²) in [7, 11) is 0. The molecule has 1 aromatic carbocycles. The molecule has 2 aromatic rings. The summed E-state index contributed by atoms with van der Waals surface area (Å²) in [4.78, 5) is 16.2. The first-order valence-electron chi connectivity index (χ1n) is 7.29. The molecule has 0 aliphatic rings. The predicted octanol–water partition coefficient (Wildman–Crippen LogP) is 2.09. The van der Waals surface area contributed by atoms with Crippen LogP contribution in [0.25, 0.3) is 6.08 Å². The fraction of sp³-hybridized carbons (Fsp3) is 0.235. The van der Waals surface area contributed by atoms with Crippen molar-refractivity contribution in [2.75, 3.05) is 0 Å². The molecule has 0 saturated carbocycles. The summed E-state index contributed by atoms with van der Waals surface area (Å²) in [5, 5.41) is 21.3. The lowest BCUT2D eigenvalue weighted by Crippen LogP contribution is -2.37. The number of benzene rings is 1. The first-order valence-corrected chi connectivity index (χ1v) is 7.29. The average molecular weight is 310 g/mol. The highest BCUT2D eigenvalue weighted by molar-refractivity contribution is 6.01. The maximum Gasteiger partial charge on any atom is 0.262 e. The Labute approximate surface area is 134 Å². The molecule has 1 unspecified atom stereocenters. The number of hydrogen-bond donors (Lipinski definition) is 2. The number of phenols is 1. The molecule has 0 aliphatic carbocycles. The quantitative estimate of drug-likeness (QED) is 0.631. The van der Waals surface area contributed by atoms with Crippen molar-refractivity contribution in [1.82, 2.24) is 14.9 Å². The number of aromatic nitrogens is 2. The van der Waals surface area contributed by atoms with Gasteiger partial charge in [-0.1, -0.05) is 19.1 Å². The summed E-state index contributed by atoms with van der Waals surface area (Å²) in [5.74, 6) is -0.274. The standard InChI is InChI=1S/C17H18N4O2/c1-2-15(11-21-8-7-19-12-21)20-17(23)14(10-18)9-13-3-5-16(22)6-4-13/h3-9,12,15,22H,2,11H2,1H3,(H,20,23)/b14-9+. The van der Waals surface area contributed by atoms with Crippen molar-refractivity contribution in [2.45, 2.75) is 25.9 Å². The van der Waals surface area contributed by atoms with Gasteiger partial charge in [0.25, 0.3) is 5.91 Å². The lowest BCUT2D eigenvalue weighted by molar-refractivity contribution is -0.117. The highest BCUT2D eigenvalue weighted by Gasteiger charge is 2.14. The van der Waals surface area contributed by atoms with Crippen LogP contribution in [0.4, 0.5) is 0 Å². The van der Waals surface area contributed by atoms with Crippen LogP contribution < -0.4 is 5.32 Å². The van der Waals surface area contributed by atoms with E-state index in [2.05, 4.69) is 10.3 Å². The smallest absolute Gasteiger partial charge is 0.262 e. The Bertz CT molecular complexity index is 712. The lowest BCUT2D eigenvalue weighted by atomic mass is 10.1. The Morgan fingerprint density at radius 1 is 1.48 bits per heavy atom. The molecule has 1 atom stereocenters. The van der Waals surface area contributed by atoms with E-state index in [0.29, 0.717) is 12.1 Å². The van der Waals surface area contributed by atoms with Crippen molar-refractivity contribution < 1.29 is 9.90 Å². The van der Waals surface area contributed by atoms with E-state index in [1.807, 2.05) is 23.8 Å². The zero-order valence-electron chi connectivity index (χ0n) is 12.8. The number of carbonyl (C=O) groups excluding carboxylic acids is 1. The number of amides is 1. The maximum absolute atomic E-state index is 12.3. The fourth-order valence-corrected chi connectivity index (χ4v) is 2.07. The van der Waals surface area contributed by atoms with Crippen molar-refractivity contribution >= 4 is 12.0 Å². The third kappa shape index (κ3) is 4.71. The third-order valence-corrected chi connectivity index (χ3v) is 3.39. The van der Waals surface area contributed by atoms with Gasteiger partial charge in [0.2, 0.25) is 0 Å². The van der Waals surface area contributed by atoms with Crippen LogP contribution in [0.3, 0.4) is 0 Å². The van der Waals surface area contributed by atoms with Crippen LogP contribution in [0.15, 0.2) is 48.6 Å². The second-order valence-corrected chi connectivity index (χ2v) is 5.10. The lowest BCUT2D eigenvalue weighted by Gasteiger charge is -2.17. The van der Waals surface area contributed by atoms with Crippen molar-refractivity contribution in [3.63, 3.8) is 0 Å². The highest BCUT2D eigenvalue weighted by Crippen LogP contribution is 2.13. The molecule has 23 heavy (non-hydrogen) atoms. The Morgan fingerprint density at radius 2 is 2.22 bits per heavy atom. The van der Waals surface area contributed by atoms with E-state index in [0.717, 1.165) is 6.42 Å². The van der Waals surface area contributed by atoms with Crippen molar-refractivity contribution in [3.05, 3.63) is 54.1 Å². The van der Waals surface area contributed by atoms with E-state index in [1.54, 1.807) is 24.7 Å². The molecule has 6 heteroatoms. The molecule has 1 amide bonds. The predicted molar refractivity (Wildman–Crippen MR) is 86.1 cm³/mol. The Morgan fingerprint density at radius 3 is 2.78 bits per heavy atom. The van der Waals surface area contributed by atoms with Crippen LogP contribution in [-0.4, -0.2) is 26.6 Å². The van der Waals surface area contributed by atoms with Gasteiger partial charge in [0.1, 0.15) is 17.4 Å². The minimum Gasteiger partial charge on any atom is -0.508 e. The van der Waals surface area contributed by atoms with E-state index in [-0.39, 0.29) is 17.4 Å². The summed E-state index contributed by atoms with van der Waals surface area (Å²) in [6, 6.07) is 8.13. The third-order valence-electron chi connectivity index (χ3n) is 3.39. The molecule has 0 spiro atoms. The zero-order valence-corrected chi connectivity index (χ0v) is 12.8. The first-order chi connectivity index (χ1) is 11.1. The topological polar surface area (TPSA) is 90.9 Å². The van der Waals surface area contributed by atoms with Crippen LogP contribution in [0.2, 0.25) is 0 Å². The molecular weight excluding hydrogens is 292 g/mol.